The van der Waals surface area contributed by atoms with Gasteiger partial charge in [-0.3, -0.25) is 4.79 Å². The second-order valence-corrected chi connectivity index (χ2v) is 5.02. The lowest BCUT2D eigenvalue weighted by atomic mass is 10.1. The molecule has 0 saturated heterocycles. The van der Waals surface area contributed by atoms with E-state index in [1.165, 1.54) is 29.8 Å². The fourth-order valence-corrected chi connectivity index (χ4v) is 1.99. The molecule has 0 bridgehead atoms. The molecule has 24 heavy (non-hydrogen) atoms. The monoisotopic (exact) mass is 338 g/mol. The van der Waals surface area contributed by atoms with Crippen molar-refractivity contribution >= 4 is 17.3 Å². The van der Waals surface area contributed by atoms with Gasteiger partial charge in [-0.15, -0.1) is 13.2 Å². The van der Waals surface area contributed by atoms with Crippen molar-refractivity contribution in [1.29, 1.82) is 0 Å². The quantitative estimate of drug-likeness (QED) is 0.830. The van der Waals surface area contributed by atoms with Gasteiger partial charge in [0.15, 0.2) is 0 Å². The van der Waals surface area contributed by atoms with Gasteiger partial charge in [0, 0.05) is 11.4 Å². The van der Waals surface area contributed by atoms with Gasteiger partial charge < -0.3 is 15.4 Å². The van der Waals surface area contributed by atoms with Crippen molar-refractivity contribution in [1.82, 2.24) is 0 Å². The average Bonchev–Trinajstić information content (AvgIpc) is 2.53. The van der Waals surface area contributed by atoms with Gasteiger partial charge >= 0.3 is 6.36 Å². The van der Waals surface area contributed by atoms with Crippen LogP contribution in [-0.2, 0) is 11.2 Å². The molecule has 0 saturated carbocycles. The van der Waals surface area contributed by atoms with E-state index < -0.39 is 6.36 Å². The summed E-state index contributed by atoms with van der Waals surface area (Å²) in [6, 6.07) is 12.7. The van der Waals surface area contributed by atoms with Crippen LogP contribution in [-0.4, -0.2) is 18.8 Å². The number of rotatable bonds is 6. The Morgan fingerprint density at radius 3 is 2.12 bits per heavy atom. The van der Waals surface area contributed by atoms with Gasteiger partial charge in [-0.2, -0.15) is 0 Å². The lowest BCUT2D eigenvalue weighted by molar-refractivity contribution is -0.274. The molecule has 0 aliphatic carbocycles. The molecule has 0 aromatic heterocycles. The van der Waals surface area contributed by atoms with E-state index in [1.54, 1.807) is 0 Å². The average molecular weight is 338 g/mol. The number of halogens is 3. The third-order valence-electron chi connectivity index (χ3n) is 3.19. The van der Waals surface area contributed by atoms with Crippen LogP contribution < -0.4 is 15.4 Å². The maximum absolute atomic E-state index is 12.1. The van der Waals surface area contributed by atoms with E-state index in [0.29, 0.717) is 11.4 Å². The zero-order chi connectivity index (χ0) is 17.6. The Labute approximate surface area is 137 Å². The molecule has 1 amide bonds. The molecule has 0 atom stereocenters. The molecule has 0 heterocycles. The molecule has 0 aliphatic rings. The van der Waals surface area contributed by atoms with Crippen LogP contribution in [0.5, 0.6) is 5.75 Å². The highest BCUT2D eigenvalue weighted by Gasteiger charge is 2.30. The lowest BCUT2D eigenvalue weighted by Gasteiger charge is -2.11. The van der Waals surface area contributed by atoms with Crippen molar-refractivity contribution < 1.29 is 22.7 Å². The summed E-state index contributed by atoms with van der Waals surface area (Å²) in [5, 5.41) is 5.56. The Bertz CT molecular complexity index is 668. The molecule has 0 unspecified atom stereocenters. The number of carbonyl (C=O) groups excluding carboxylic acids is 1. The van der Waals surface area contributed by atoms with Crippen molar-refractivity contribution in [3.05, 3.63) is 54.1 Å². The fraction of sp³-hybridized carbons (Fsp3) is 0.235. The highest BCUT2D eigenvalue weighted by molar-refractivity contribution is 5.93. The number of amides is 1. The van der Waals surface area contributed by atoms with Crippen molar-refractivity contribution in [2.75, 3.05) is 17.2 Å². The van der Waals surface area contributed by atoms with Crippen molar-refractivity contribution in [2.45, 2.75) is 19.7 Å². The van der Waals surface area contributed by atoms with Crippen LogP contribution >= 0.6 is 0 Å². The van der Waals surface area contributed by atoms with E-state index in [-0.39, 0.29) is 18.2 Å². The first kappa shape index (κ1) is 17.7. The standard InChI is InChI=1S/C17H17F3N2O2/c1-2-12-3-5-14(6-4-12)22-16(23)11-21-13-7-9-15(10-8-13)24-17(18,19)20/h3-10,21H,2,11H2,1H3,(H,22,23). The SMILES string of the molecule is CCc1ccc(NC(=O)CNc2ccc(OC(F)(F)F)cc2)cc1. The largest absolute Gasteiger partial charge is 0.573 e. The number of alkyl halides is 3. The number of hydrogen-bond donors (Lipinski definition) is 2. The van der Waals surface area contributed by atoms with Crippen LogP contribution in [0.2, 0.25) is 0 Å². The van der Waals surface area contributed by atoms with E-state index in [9.17, 15) is 18.0 Å². The number of benzene rings is 2. The molecule has 7 heteroatoms. The number of anilines is 2. The zero-order valence-corrected chi connectivity index (χ0v) is 13.0. The Kier molecular flexibility index (Phi) is 5.68. The van der Waals surface area contributed by atoms with Gasteiger partial charge in [0.1, 0.15) is 5.75 Å². The van der Waals surface area contributed by atoms with Crippen LogP contribution in [0.4, 0.5) is 24.5 Å². The molecule has 0 spiro atoms. The summed E-state index contributed by atoms with van der Waals surface area (Å²) in [6.07, 6.45) is -3.80. The normalized spacial score (nSPS) is 11.0. The molecular weight excluding hydrogens is 321 g/mol. The van der Waals surface area contributed by atoms with Gasteiger partial charge in [0.25, 0.3) is 0 Å². The van der Waals surface area contributed by atoms with Gasteiger partial charge in [0.05, 0.1) is 6.54 Å². The summed E-state index contributed by atoms with van der Waals surface area (Å²) in [5.74, 6) is -0.566. The van der Waals surface area contributed by atoms with Crippen molar-refractivity contribution in [3.8, 4) is 5.75 Å². The first-order valence-corrected chi connectivity index (χ1v) is 7.34. The van der Waals surface area contributed by atoms with Gasteiger partial charge in [-0.1, -0.05) is 19.1 Å². The minimum absolute atomic E-state index is 0.00496. The second kappa shape index (κ2) is 7.72. The van der Waals surface area contributed by atoms with Crippen LogP contribution in [0.25, 0.3) is 0 Å². The molecule has 2 N–H and O–H groups in total. The summed E-state index contributed by atoms with van der Waals surface area (Å²) in [5.41, 5.74) is 2.38. The fourth-order valence-electron chi connectivity index (χ4n) is 1.99. The molecule has 2 aromatic carbocycles. The first-order chi connectivity index (χ1) is 11.4. The smallest absolute Gasteiger partial charge is 0.406 e. The number of nitrogens with one attached hydrogen (secondary N) is 2. The van der Waals surface area contributed by atoms with E-state index in [2.05, 4.69) is 15.4 Å². The Balaban J connectivity index is 1.82. The number of ether oxygens (including phenoxy) is 1. The van der Waals surface area contributed by atoms with Crippen molar-refractivity contribution in [3.63, 3.8) is 0 Å². The minimum Gasteiger partial charge on any atom is -0.406 e. The maximum Gasteiger partial charge on any atom is 0.573 e. The predicted octanol–water partition coefficient (Wildman–Crippen LogP) is 4.20. The highest BCUT2D eigenvalue weighted by Crippen LogP contribution is 2.23. The van der Waals surface area contributed by atoms with Crippen molar-refractivity contribution in [2.24, 2.45) is 0 Å². The Morgan fingerprint density at radius 2 is 1.58 bits per heavy atom. The molecular formula is C17H17F3N2O2. The number of aryl methyl sites for hydroxylation is 1. The van der Waals surface area contributed by atoms with E-state index in [4.69, 9.17) is 0 Å². The summed E-state index contributed by atoms with van der Waals surface area (Å²) in [7, 11) is 0. The zero-order valence-electron chi connectivity index (χ0n) is 13.0. The predicted molar refractivity (Wildman–Crippen MR) is 86.1 cm³/mol. The van der Waals surface area contributed by atoms with Gasteiger partial charge in [0.2, 0.25) is 5.91 Å². The summed E-state index contributed by atoms with van der Waals surface area (Å²) in [6.45, 7) is 2.04. The Hall–Kier alpha value is -2.70. The van der Waals surface area contributed by atoms with Crippen LogP contribution in [0.15, 0.2) is 48.5 Å². The van der Waals surface area contributed by atoms with Crippen LogP contribution in [0, 0.1) is 0 Å². The molecule has 0 radical (unpaired) electrons. The molecule has 4 nitrogen and oxygen atoms in total. The molecule has 128 valence electrons. The third-order valence-corrected chi connectivity index (χ3v) is 3.19. The van der Waals surface area contributed by atoms with Crippen LogP contribution in [0.3, 0.4) is 0 Å². The highest BCUT2D eigenvalue weighted by atomic mass is 19.4. The third kappa shape index (κ3) is 5.83. The molecule has 0 fully saturated rings. The number of hydrogen-bond acceptors (Lipinski definition) is 3. The Morgan fingerprint density at radius 1 is 1.00 bits per heavy atom. The number of carbonyl (C=O) groups is 1. The topological polar surface area (TPSA) is 50.4 Å². The lowest BCUT2D eigenvalue weighted by Crippen LogP contribution is -2.21. The van der Waals surface area contributed by atoms with Crippen LogP contribution in [0.1, 0.15) is 12.5 Å². The van der Waals surface area contributed by atoms with Gasteiger partial charge in [-0.25, -0.2) is 0 Å². The molecule has 2 aromatic rings. The molecule has 0 aliphatic heterocycles. The summed E-state index contributed by atoms with van der Waals surface area (Å²) in [4.78, 5) is 11.8. The molecule has 2 rings (SSSR count). The maximum atomic E-state index is 12.1. The van der Waals surface area contributed by atoms with E-state index in [1.807, 2.05) is 31.2 Å². The second-order valence-electron chi connectivity index (χ2n) is 5.02. The van der Waals surface area contributed by atoms with E-state index in [0.717, 1.165) is 6.42 Å². The van der Waals surface area contributed by atoms with Gasteiger partial charge in [-0.05, 0) is 48.4 Å². The first-order valence-electron chi connectivity index (χ1n) is 7.34. The summed E-state index contributed by atoms with van der Waals surface area (Å²) >= 11 is 0. The minimum atomic E-state index is -4.72. The summed E-state index contributed by atoms with van der Waals surface area (Å²) < 4.78 is 40.0. The van der Waals surface area contributed by atoms with E-state index >= 15 is 0 Å².